The first-order valence-corrected chi connectivity index (χ1v) is 6.07. The van der Waals surface area contributed by atoms with Crippen molar-refractivity contribution in [3.05, 3.63) is 34.3 Å². The second kappa shape index (κ2) is 5.64. The second-order valence-electron chi connectivity index (χ2n) is 3.90. The summed E-state index contributed by atoms with van der Waals surface area (Å²) in [7, 11) is 2.10. The van der Waals surface area contributed by atoms with Crippen molar-refractivity contribution in [1.82, 2.24) is 4.90 Å². The summed E-state index contributed by atoms with van der Waals surface area (Å²) in [5, 5.41) is 0. The van der Waals surface area contributed by atoms with Gasteiger partial charge in [0.15, 0.2) is 0 Å². The Balaban J connectivity index is 3.04. The molecule has 1 rings (SSSR count). The molecule has 0 aromatic heterocycles. The van der Waals surface area contributed by atoms with Crippen molar-refractivity contribution in [1.29, 1.82) is 0 Å². The minimum absolute atomic E-state index is 0.119. The Morgan fingerprint density at radius 2 is 2.00 bits per heavy atom. The fourth-order valence-corrected chi connectivity index (χ4v) is 2.35. The number of rotatable bonds is 4. The maximum atomic E-state index is 6.05. The molecule has 0 aliphatic heterocycles. The van der Waals surface area contributed by atoms with E-state index in [0.717, 1.165) is 11.0 Å². The summed E-state index contributed by atoms with van der Waals surface area (Å²) < 4.78 is 1.13. The van der Waals surface area contributed by atoms with Gasteiger partial charge in [0.05, 0.1) is 6.04 Å². The van der Waals surface area contributed by atoms with Crippen molar-refractivity contribution < 1.29 is 0 Å². The summed E-state index contributed by atoms with van der Waals surface area (Å²) in [6.07, 6.45) is 0. The Labute approximate surface area is 101 Å². The average molecular weight is 271 g/mol. The van der Waals surface area contributed by atoms with Crippen molar-refractivity contribution in [2.24, 2.45) is 5.73 Å². The molecule has 2 N–H and O–H groups in total. The van der Waals surface area contributed by atoms with Crippen LogP contribution in [0.2, 0.25) is 0 Å². The van der Waals surface area contributed by atoms with Gasteiger partial charge in [0.25, 0.3) is 0 Å². The second-order valence-corrected chi connectivity index (χ2v) is 4.75. The van der Waals surface area contributed by atoms with E-state index < -0.39 is 0 Å². The third-order valence-corrected chi connectivity index (χ3v) is 3.42. The Hall–Kier alpha value is -0.380. The predicted octanol–water partition coefficient (Wildman–Crippen LogP) is 2.79. The van der Waals surface area contributed by atoms with Gasteiger partial charge >= 0.3 is 0 Å². The lowest BCUT2D eigenvalue weighted by molar-refractivity contribution is 0.229. The van der Waals surface area contributed by atoms with E-state index in [1.807, 2.05) is 6.07 Å². The van der Waals surface area contributed by atoms with Crippen LogP contribution in [0.3, 0.4) is 0 Å². The van der Waals surface area contributed by atoms with Crippen LogP contribution in [0.1, 0.15) is 25.5 Å². The molecule has 0 fully saturated rings. The van der Waals surface area contributed by atoms with E-state index in [-0.39, 0.29) is 12.1 Å². The number of hydrogen-bond donors (Lipinski definition) is 1. The molecule has 1 aromatic rings. The molecule has 84 valence electrons. The van der Waals surface area contributed by atoms with Crippen molar-refractivity contribution >= 4 is 15.9 Å². The number of nitrogens with two attached hydrogens (primary N) is 1. The van der Waals surface area contributed by atoms with E-state index in [1.54, 1.807) is 0 Å². The number of hydrogen-bond acceptors (Lipinski definition) is 2. The standard InChI is InChI=1S/C12H19BrN2/c1-4-15(3)12(9(2)14)10-7-5-6-8-11(10)13/h5-9,12H,4,14H2,1-3H3. The quantitative estimate of drug-likeness (QED) is 0.912. The Morgan fingerprint density at radius 3 is 2.47 bits per heavy atom. The fraction of sp³-hybridized carbons (Fsp3) is 0.500. The highest BCUT2D eigenvalue weighted by atomic mass is 79.9. The minimum atomic E-state index is 0.119. The number of nitrogens with zero attached hydrogens (tertiary/aromatic N) is 1. The first-order chi connectivity index (χ1) is 7.07. The van der Waals surface area contributed by atoms with E-state index in [1.165, 1.54) is 5.56 Å². The summed E-state index contributed by atoms with van der Waals surface area (Å²) >= 11 is 3.58. The Bertz CT molecular complexity index is 312. The van der Waals surface area contributed by atoms with Crippen LogP contribution in [0.4, 0.5) is 0 Å². The number of halogens is 1. The van der Waals surface area contributed by atoms with Gasteiger partial charge in [-0.1, -0.05) is 41.1 Å². The van der Waals surface area contributed by atoms with Crippen molar-refractivity contribution in [3.63, 3.8) is 0 Å². The summed E-state index contributed by atoms with van der Waals surface area (Å²) in [5.41, 5.74) is 7.31. The Morgan fingerprint density at radius 1 is 1.40 bits per heavy atom. The highest BCUT2D eigenvalue weighted by Crippen LogP contribution is 2.28. The zero-order valence-electron chi connectivity index (χ0n) is 9.57. The normalized spacial score (nSPS) is 15.3. The van der Waals surface area contributed by atoms with Gasteiger partial charge in [-0.15, -0.1) is 0 Å². The van der Waals surface area contributed by atoms with Gasteiger partial charge in [0.1, 0.15) is 0 Å². The molecule has 15 heavy (non-hydrogen) atoms. The van der Waals surface area contributed by atoms with Crippen LogP contribution in [0.25, 0.3) is 0 Å². The lowest BCUT2D eigenvalue weighted by atomic mass is 10.00. The smallest absolute Gasteiger partial charge is 0.0504 e. The van der Waals surface area contributed by atoms with Gasteiger partial charge < -0.3 is 5.73 Å². The van der Waals surface area contributed by atoms with Gasteiger partial charge in [-0.05, 0) is 32.1 Å². The summed E-state index contributed by atoms with van der Waals surface area (Å²) in [6.45, 7) is 5.19. The van der Waals surface area contributed by atoms with Crippen LogP contribution in [0.15, 0.2) is 28.7 Å². The zero-order chi connectivity index (χ0) is 11.4. The first-order valence-electron chi connectivity index (χ1n) is 5.28. The molecular weight excluding hydrogens is 252 g/mol. The highest BCUT2D eigenvalue weighted by Gasteiger charge is 2.21. The SMILES string of the molecule is CCN(C)C(c1ccccc1Br)C(C)N. The van der Waals surface area contributed by atoms with Crippen molar-refractivity contribution in [3.8, 4) is 0 Å². The van der Waals surface area contributed by atoms with Gasteiger partial charge in [-0.2, -0.15) is 0 Å². The molecule has 0 aliphatic carbocycles. The molecule has 0 saturated carbocycles. The molecule has 0 heterocycles. The van der Waals surface area contributed by atoms with E-state index in [9.17, 15) is 0 Å². The van der Waals surface area contributed by atoms with Crippen LogP contribution >= 0.6 is 15.9 Å². The van der Waals surface area contributed by atoms with E-state index in [0.29, 0.717) is 0 Å². The van der Waals surface area contributed by atoms with Crippen LogP contribution in [-0.4, -0.2) is 24.5 Å². The molecule has 2 atom stereocenters. The van der Waals surface area contributed by atoms with Crippen LogP contribution < -0.4 is 5.73 Å². The largest absolute Gasteiger partial charge is 0.326 e. The highest BCUT2D eigenvalue weighted by molar-refractivity contribution is 9.10. The van der Waals surface area contributed by atoms with E-state index >= 15 is 0 Å². The van der Waals surface area contributed by atoms with Gasteiger partial charge in [0, 0.05) is 10.5 Å². The van der Waals surface area contributed by atoms with Gasteiger partial charge in [-0.25, -0.2) is 0 Å². The summed E-state index contributed by atoms with van der Waals surface area (Å²) in [4.78, 5) is 2.27. The lowest BCUT2D eigenvalue weighted by Crippen LogP contribution is -2.37. The molecule has 0 bridgehead atoms. The number of benzene rings is 1. The molecule has 0 amide bonds. The molecule has 0 aliphatic rings. The maximum absolute atomic E-state index is 6.05. The zero-order valence-corrected chi connectivity index (χ0v) is 11.2. The molecule has 2 unspecified atom stereocenters. The molecule has 0 spiro atoms. The van der Waals surface area contributed by atoms with Gasteiger partial charge in [0.2, 0.25) is 0 Å². The third kappa shape index (κ3) is 3.03. The monoisotopic (exact) mass is 270 g/mol. The van der Waals surface area contributed by atoms with E-state index in [4.69, 9.17) is 5.73 Å². The van der Waals surface area contributed by atoms with Crippen LogP contribution in [0, 0.1) is 0 Å². The van der Waals surface area contributed by atoms with Crippen molar-refractivity contribution in [2.75, 3.05) is 13.6 Å². The van der Waals surface area contributed by atoms with E-state index in [2.05, 4.69) is 59.9 Å². The first kappa shape index (κ1) is 12.7. The molecule has 2 nitrogen and oxygen atoms in total. The predicted molar refractivity (Wildman–Crippen MR) is 68.8 cm³/mol. The molecule has 3 heteroatoms. The van der Waals surface area contributed by atoms with Crippen LogP contribution in [0.5, 0.6) is 0 Å². The molecule has 1 aromatic carbocycles. The molecular formula is C12H19BrN2. The topological polar surface area (TPSA) is 29.3 Å². The van der Waals surface area contributed by atoms with Gasteiger partial charge in [-0.3, -0.25) is 4.90 Å². The summed E-state index contributed by atoms with van der Waals surface area (Å²) in [5.74, 6) is 0. The fourth-order valence-electron chi connectivity index (χ4n) is 1.83. The van der Waals surface area contributed by atoms with Crippen LogP contribution in [-0.2, 0) is 0 Å². The number of likely N-dealkylation sites (N-methyl/N-ethyl adjacent to an activating group) is 1. The summed E-state index contributed by atoms with van der Waals surface area (Å²) in [6, 6.07) is 8.66. The third-order valence-electron chi connectivity index (χ3n) is 2.70. The minimum Gasteiger partial charge on any atom is -0.326 e. The molecule has 0 saturated heterocycles. The average Bonchev–Trinajstić information content (AvgIpc) is 2.20. The lowest BCUT2D eigenvalue weighted by Gasteiger charge is -2.31. The Kier molecular flexibility index (Phi) is 4.77. The molecule has 0 radical (unpaired) electrons. The maximum Gasteiger partial charge on any atom is 0.0504 e. The van der Waals surface area contributed by atoms with Crippen molar-refractivity contribution in [2.45, 2.75) is 25.9 Å².